The van der Waals surface area contributed by atoms with Crippen LogP contribution in [-0.2, 0) is 19.9 Å². The quantitative estimate of drug-likeness (QED) is 0.793. The van der Waals surface area contributed by atoms with E-state index in [1.54, 1.807) is 4.68 Å². The van der Waals surface area contributed by atoms with Gasteiger partial charge < -0.3 is 11.6 Å². The maximum Gasteiger partial charge on any atom is 0.150 e. The summed E-state index contributed by atoms with van der Waals surface area (Å²) in [4.78, 5) is 4.55. The van der Waals surface area contributed by atoms with Gasteiger partial charge in [-0.1, -0.05) is 13.8 Å². The lowest BCUT2D eigenvalue weighted by atomic mass is 10.1. The minimum Gasteiger partial charge on any atom is -0.382 e. The van der Waals surface area contributed by atoms with Gasteiger partial charge in [-0.2, -0.15) is 5.10 Å². The van der Waals surface area contributed by atoms with Gasteiger partial charge in [-0.3, -0.25) is 4.68 Å². The Morgan fingerprint density at radius 3 is 2.67 bits per heavy atom. The van der Waals surface area contributed by atoms with E-state index in [4.69, 9.17) is 11.6 Å². The van der Waals surface area contributed by atoms with E-state index in [1.807, 2.05) is 13.2 Å². The van der Waals surface area contributed by atoms with Crippen molar-refractivity contribution in [1.29, 1.82) is 0 Å². The Kier molecular flexibility index (Phi) is 3.27. The fourth-order valence-corrected chi connectivity index (χ4v) is 2.08. The molecule has 2 aromatic heterocycles. The molecule has 0 saturated heterocycles. The van der Waals surface area contributed by atoms with Gasteiger partial charge in [0.2, 0.25) is 0 Å². The van der Waals surface area contributed by atoms with Crippen LogP contribution in [0, 0.1) is 0 Å². The molecule has 0 aliphatic rings. The second-order valence-electron chi connectivity index (χ2n) is 4.40. The highest BCUT2D eigenvalue weighted by atomic mass is 15.4. The van der Waals surface area contributed by atoms with E-state index in [0.717, 1.165) is 42.0 Å². The third kappa shape index (κ3) is 1.94. The summed E-state index contributed by atoms with van der Waals surface area (Å²) >= 11 is 0. The minimum absolute atomic E-state index is 0.501. The van der Waals surface area contributed by atoms with Gasteiger partial charge in [-0.25, -0.2) is 9.66 Å². The number of aromatic nitrogens is 4. The molecule has 2 aromatic rings. The zero-order chi connectivity index (χ0) is 13.3. The number of anilines is 1. The van der Waals surface area contributed by atoms with Crippen LogP contribution >= 0.6 is 0 Å². The molecule has 0 aliphatic carbocycles. The van der Waals surface area contributed by atoms with E-state index in [2.05, 4.69) is 23.9 Å². The van der Waals surface area contributed by atoms with Gasteiger partial charge in [0, 0.05) is 25.2 Å². The van der Waals surface area contributed by atoms with Crippen LogP contribution in [0.3, 0.4) is 0 Å². The molecule has 0 fully saturated rings. The summed E-state index contributed by atoms with van der Waals surface area (Å²) in [5.41, 5.74) is 8.74. The molecule has 0 amide bonds. The molecule has 6 heteroatoms. The summed E-state index contributed by atoms with van der Waals surface area (Å²) in [6.45, 7) is 4.15. The number of nitrogens with two attached hydrogens (primary N) is 2. The number of hydrogen-bond donors (Lipinski definition) is 2. The van der Waals surface area contributed by atoms with Crippen LogP contribution in [-0.4, -0.2) is 19.4 Å². The lowest BCUT2D eigenvalue weighted by molar-refractivity contribution is 0.746. The molecule has 0 aromatic carbocycles. The fraction of sp³-hybridized carbons (Fsp3) is 0.500. The molecular formula is C12H20N6. The van der Waals surface area contributed by atoms with E-state index in [9.17, 15) is 0 Å². The van der Waals surface area contributed by atoms with Gasteiger partial charge in [-0.05, 0) is 12.8 Å². The number of hydrogen-bond acceptors (Lipinski definition) is 4. The zero-order valence-electron chi connectivity index (χ0n) is 11.1. The lowest BCUT2D eigenvalue weighted by Crippen LogP contribution is -2.15. The number of rotatable bonds is 4. The first-order chi connectivity index (χ1) is 8.58. The van der Waals surface area contributed by atoms with Crippen molar-refractivity contribution in [2.75, 3.05) is 11.6 Å². The molecule has 2 rings (SSSR count). The molecule has 2 heterocycles. The maximum atomic E-state index is 6.04. The molecule has 0 bridgehead atoms. The van der Waals surface area contributed by atoms with Crippen LogP contribution in [0.1, 0.15) is 31.8 Å². The standard InChI is InChI=1S/C12H20N6/c1-4-6-10-15-11(12(13)18(10)14)8-7-17(3)16-9(8)5-2/h7H,4-6,13-14H2,1-3H3. The lowest BCUT2D eigenvalue weighted by Gasteiger charge is -2.00. The first kappa shape index (κ1) is 12.5. The van der Waals surface area contributed by atoms with Crippen LogP contribution in [0.4, 0.5) is 5.82 Å². The predicted molar refractivity (Wildman–Crippen MR) is 72.4 cm³/mol. The van der Waals surface area contributed by atoms with Crippen LogP contribution in [0.25, 0.3) is 11.3 Å². The highest BCUT2D eigenvalue weighted by Gasteiger charge is 2.18. The smallest absolute Gasteiger partial charge is 0.150 e. The Labute approximate surface area is 107 Å². The highest BCUT2D eigenvalue weighted by molar-refractivity contribution is 5.72. The summed E-state index contributed by atoms with van der Waals surface area (Å²) in [6, 6.07) is 0. The van der Waals surface area contributed by atoms with Crippen molar-refractivity contribution in [1.82, 2.24) is 19.4 Å². The van der Waals surface area contributed by atoms with Crippen molar-refractivity contribution in [3.8, 4) is 11.3 Å². The summed E-state index contributed by atoms with van der Waals surface area (Å²) in [7, 11) is 1.89. The minimum atomic E-state index is 0.501. The molecule has 0 atom stereocenters. The Morgan fingerprint density at radius 2 is 2.06 bits per heavy atom. The van der Waals surface area contributed by atoms with Crippen molar-refractivity contribution in [3.63, 3.8) is 0 Å². The molecule has 0 radical (unpaired) electrons. The molecule has 18 heavy (non-hydrogen) atoms. The monoisotopic (exact) mass is 248 g/mol. The third-order valence-corrected chi connectivity index (χ3v) is 2.99. The van der Waals surface area contributed by atoms with E-state index in [-0.39, 0.29) is 0 Å². The van der Waals surface area contributed by atoms with Crippen molar-refractivity contribution in [2.24, 2.45) is 7.05 Å². The first-order valence-electron chi connectivity index (χ1n) is 6.23. The Morgan fingerprint density at radius 1 is 1.33 bits per heavy atom. The Bertz CT molecular complexity index is 551. The van der Waals surface area contributed by atoms with Crippen molar-refractivity contribution in [3.05, 3.63) is 17.7 Å². The van der Waals surface area contributed by atoms with Crippen LogP contribution < -0.4 is 11.6 Å². The first-order valence-corrected chi connectivity index (χ1v) is 6.23. The van der Waals surface area contributed by atoms with E-state index in [0.29, 0.717) is 5.82 Å². The van der Waals surface area contributed by atoms with Crippen molar-refractivity contribution >= 4 is 5.82 Å². The summed E-state index contributed by atoms with van der Waals surface area (Å²) in [5.74, 6) is 7.24. The second-order valence-corrected chi connectivity index (χ2v) is 4.40. The predicted octanol–water partition coefficient (Wildman–Crippen LogP) is 1.09. The number of nitrogens with zero attached hydrogens (tertiary/aromatic N) is 4. The van der Waals surface area contributed by atoms with E-state index in [1.165, 1.54) is 4.68 Å². The van der Waals surface area contributed by atoms with Crippen LogP contribution in [0.15, 0.2) is 6.20 Å². The summed E-state index contributed by atoms with van der Waals surface area (Å²) in [6.07, 6.45) is 4.59. The second kappa shape index (κ2) is 4.72. The van der Waals surface area contributed by atoms with Crippen LogP contribution in [0.2, 0.25) is 0 Å². The molecule has 4 N–H and O–H groups in total. The average molecular weight is 248 g/mol. The molecule has 0 aliphatic heterocycles. The normalized spacial score (nSPS) is 11.1. The van der Waals surface area contributed by atoms with Crippen molar-refractivity contribution < 1.29 is 0 Å². The largest absolute Gasteiger partial charge is 0.382 e. The number of nitrogen functional groups attached to an aromatic ring is 2. The van der Waals surface area contributed by atoms with Gasteiger partial charge >= 0.3 is 0 Å². The van der Waals surface area contributed by atoms with Gasteiger partial charge in [0.15, 0.2) is 5.82 Å². The summed E-state index contributed by atoms with van der Waals surface area (Å²) in [5, 5.41) is 4.40. The Balaban J connectivity index is 2.53. The van der Waals surface area contributed by atoms with E-state index < -0.39 is 0 Å². The number of aryl methyl sites for hydroxylation is 3. The molecular weight excluding hydrogens is 228 g/mol. The fourth-order valence-electron chi connectivity index (χ4n) is 2.08. The molecule has 98 valence electrons. The van der Waals surface area contributed by atoms with Crippen LogP contribution in [0.5, 0.6) is 0 Å². The summed E-state index contributed by atoms with van der Waals surface area (Å²) < 4.78 is 3.26. The topological polar surface area (TPSA) is 87.7 Å². The third-order valence-electron chi connectivity index (χ3n) is 2.99. The van der Waals surface area contributed by atoms with Gasteiger partial charge in [-0.15, -0.1) is 0 Å². The van der Waals surface area contributed by atoms with Gasteiger partial charge in [0.05, 0.1) is 5.69 Å². The molecule has 0 saturated carbocycles. The maximum absolute atomic E-state index is 6.04. The SMILES string of the molecule is CCCc1nc(-c2cn(C)nc2CC)c(N)n1N. The molecule has 6 nitrogen and oxygen atoms in total. The zero-order valence-corrected chi connectivity index (χ0v) is 11.1. The van der Waals surface area contributed by atoms with Crippen molar-refractivity contribution in [2.45, 2.75) is 33.1 Å². The average Bonchev–Trinajstić information content (AvgIpc) is 2.84. The molecule has 0 spiro atoms. The van der Waals surface area contributed by atoms with Gasteiger partial charge in [0.1, 0.15) is 11.5 Å². The highest BCUT2D eigenvalue weighted by Crippen LogP contribution is 2.28. The Hall–Kier alpha value is -1.98. The molecule has 0 unspecified atom stereocenters. The van der Waals surface area contributed by atoms with Gasteiger partial charge in [0.25, 0.3) is 0 Å². The number of imidazole rings is 1. The van der Waals surface area contributed by atoms with E-state index >= 15 is 0 Å².